The van der Waals surface area contributed by atoms with Crippen LogP contribution in [-0.2, 0) is 0 Å². The fourth-order valence-corrected chi connectivity index (χ4v) is 2.21. The van der Waals surface area contributed by atoms with E-state index in [9.17, 15) is 4.79 Å². The number of ether oxygens (including phenoxy) is 1. The Labute approximate surface area is 108 Å². The van der Waals surface area contributed by atoms with Crippen LogP contribution in [-0.4, -0.2) is 37.0 Å². The van der Waals surface area contributed by atoms with Crippen LogP contribution in [0.15, 0.2) is 24.3 Å². The zero-order chi connectivity index (χ0) is 13.0. The van der Waals surface area contributed by atoms with Gasteiger partial charge in [-0.15, -0.1) is 0 Å². The summed E-state index contributed by atoms with van der Waals surface area (Å²) in [4.78, 5) is 14.4. The first kappa shape index (κ1) is 12.9. The predicted molar refractivity (Wildman–Crippen MR) is 70.7 cm³/mol. The summed E-state index contributed by atoms with van der Waals surface area (Å²) in [6, 6.07) is 7.66. The minimum atomic E-state index is 0.0593. The lowest BCUT2D eigenvalue weighted by molar-refractivity contribution is 0.0588. The average molecular weight is 248 g/mol. The van der Waals surface area contributed by atoms with Crippen molar-refractivity contribution in [1.29, 1.82) is 0 Å². The van der Waals surface area contributed by atoms with Gasteiger partial charge in [0.15, 0.2) is 0 Å². The molecule has 0 bridgehead atoms. The molecule has 1 aliphatic rings. The molecular weight excluding hydrogens is 228 g/mol. The quantitative estimate of drug-likeness (QED) is 0.862. The Bertz CT molecular complexity index is 416. The SMILES string of the molecule is COc1cccc(C(=O)N(CCN)C2CCC2)c1. The highest BCUT2D eigenvalue weighted by Crippen LogP contribution is 2.26. The van der Waals surface area contributed by atoms with Gasteiger partial charge in [0.2, 0.25) is 0 Å². The van der Waals surface area contributed by atoms with Gasteiger partial charge in [-0.25, -0.2) is 0 Å². The van der Waals surface area contributed by atoms with E-state index in [0.29, 0.717) is 30.4 Å². The second-order valence-electron chi connectivity index (χ2n) is 4.60. The lowest BCUT2D eigenvalue weighted by Crippen LogP contribution is -2.46. The summed E-state index contributed by atoms with van der Waals surface area (Å²) in [5.41, 5.74) is 6.28. The fourth-order valence-electron chi connectivity index (χ4n) is 2.21. The first-order valence-electron chi connectivity index (χ1n) is 6.41. The maximum absolute atomic E-state index is 12.5. The van der Waals surface area contributed by atoms with E-state index < -0.39 is 0 Å². The Morgan fingerprint density at radius 3 is 2.83 bits per heavy atom. The lowest BCUT2D eigenvalue weighted by atomic mass is 9.91. The minimum absolute atomic E-state index is 0.0593. The summed E-state index contributed by atoms with van der Waals surface area (Å²) in [7, 11) is 1.60. The Kier molecular flexibility index (Phi) is 4.20. The molecule has 2 rings (SSSR count). The first-order chi connectivity index (χ1) is 8.76. The molecule has 1 saturated carbocycles. The molecule has 1 fully saturated rings. The summed E-state index contributed by atoms with van der Waals surface area (Å²) < 4.78 is 5.15. The second kappa shape index (κ2) is 5.87. The van der Waals surface area contributed by atoms with Crippen LogP contribution in [0.5, 0.6) is 5.75 Å². The van der Waals surface area contributed by atoms with Gasteiger partial charge in [-0.2, -0.15) is 0 Å². The molecule has 1 amide bonds. The molecule has 0 atom stereocenters. The molecular formula is C14H20N2O2. The van der Waals surface area contributed by atoms with Gasteiger partial charge in [-0.3, -0.25) is 4.79 Å². The van der Waals surface area contributed by atoms with E-state index in [1.807, 2.05) is 23.1 Å². The van der Waals surface area contributed by atoms with Crippen molar-refractivity contribution in [3.63, 3.8) is 0 Å². The van der Waals surface area contributed by atoms with Crippen molar-refractivity contribution in [2.75, 3.05) is 20.2 Å². The number of nitrogens with two attached hydrogens (primary N) is 1. The highest BCUT2D eigenvalue weighted by atomic mass is 16.5. The van der Waals surface area contributed by atoms with Crippen molar-refractivity contribution in [3.8, 4) is 5.75 Å². The van der Waals surface area contributed by atoms with E-state index in [2.05, 4.69) is 0 Å². The average Bonchev–Trinajstić information content (AvgIpc) is 2.35. The van der Waals surface area contributed by atoms with E-state index in [0.717, 1.165) is 12.8 Å². The van der Waals surface area contributed by atoms with Crippen LogP contribution >= 0.6 is 0 Å². The Morgan fingerprint density at radius 2 is 2.28 bits per heavy atom. The van der Waals surface area contributed by atoms with E-state index in [1.54, 1.807) is 13.2 Å². The topological polar surface area (TPSA) is 55.6 Å². The summed E-state index contributed by atoms with van der Waals surface area (Å²) in [6.45, 7) is 1.13. The normalized spacial score (nSPS) is 15.0. The molecule has 0 heterocycles. The fraction of sp³-hybridized carbons (Fsp3) is 0.500. The first-order valence-corrected chi connectivity index (χ1v) is 6.41. The third kappa shape index (κ3) is 2.64. The van der Waals surface area contributed by atoms with Crippen LogP contribution in [0, 0.1) is 0 Å². The maximum Gasteiger partial charge on any atom is 0.254 e. The number of hydrogen-bond acceptors (Lipinski definition) is 3. The third-order valence-corrected chi connectivity index (χ3v) is 3.46. The van der Waals surface area contributed by atoms with Gasteiger partial charge in [0.05, 0.1) is 7.11 Å². The number of nitrogens with zero attached hydrogens (tertiary/aromatic N) is 1. The number of carbonyl (C=O) groups excluding carboxylic acids is 1. The molecule has 0 aliphatic heterocycles. The number of benzene rings is 1. The van der Waals surface area contributed by atoms with Gasteiger partial charge >= 0.3 is 0 Å². The van der Waals surface area contributed by atoms with Crippen LogP contribution in [0.3, 0.4) is 0 Å². The molecule has 0 saturated heterocycles. The summed E-state index contributed by atoms with van der Waals surface area (Å²) in [5.74, 6) is 0.770. The van der Waals surface area contributed by atoms with Gasteiger partial charge in [0.1, 0.15) is 5.75 Å². The molecule has 98 valence electrons. The van der Waals surface area contributed by atoms with Crippen molar-refractivity contribution in [2.45, 2.75) is 25.3 Å². The van der Waals surface area contributed by atoms with Gasteiger partial charge in [0, 0.05) is 24.7 Å². The molecule has 0 radical (unpaired) electrons. The van der Waals surface area contributed by atoms with Gasteiger partial charge in [-0.1, -0.05) is 6.07 Å². The van der Waals surface area contributed by atoms with Crippen LogP contribution in [0.25, 0.3) is 0 Å². The third-order valence-electron chi connectivity index (χ3n) is 3.46. The highest BCUT2D eigenvalue weighted by molar-refractivity contribution is 5.94. The molecule has 1 aromatic rings. The summed E-state index contributed by atoms with van der Waals surface area (Å²) >= 11 is 0. The molecule has 4 nitrogen and oxygen atoms in total. The maximum atomic E-state index is 12.5. The van der Waals surface area contributed by atoms with Crippen LogP contribution in [0.1, 0.15) is 29.6 Å². The monoisotopic (exact) mass is 248 g/mol. The van der Waals surface area contributed by atoms with Crippen molar-refractivity contribution >= 4 is 5.91 Å². The van der Waals surface area contributed by atoms with E-state index >= 15 is 0 Å². The predicted octanol–water partition coefficient (Wildman–Crippen LogP) is 1.65. The zero-order valence-electron chi connectivity index (χ0n) is 10.8. The van der Waals surface area contributed by atoms with Crippen LogP contribution in [0.2, 0.25) is 0 Å². The van der Waals surface area contributed by atoms with Crippen LogP contribution in [0.4, 0.5) is 0 Å². The Hall–Kier alpha value is -1.55. The number of hydrogen-bond donors (Lipinski definition) is 1. The Morgan fingerprint density at radius 1 is 1.50 bits per heavy atom. The van der Waals surface area contributed by atoms with Crippen molar-refractivity contribution < 1.29 is 9.53 Å². The van der Waals surface area contributed by atoms with E-state index in [-0.39, 0.29) is 5.91 Å². The number of rotatable bonds is 5. The summed E-state index contributed by atoms with van der Waals surface area (Å²) in [5, 5.41) is 0. The van der Waals surface area contributed by atoms with E-state index in [4.69, 9.17) is 10.5 Å². The van der Waals surface area contributed by atoms with Gasteiger partial charge < -0.3 is 15.4 Å². The molecule has 0 aromatic heterocycles. The Balaban J connectivity index is 2.15. The smallest absolute Gasteiger partial charge is 0.254 e. The van der Waals surface area contributed by atoms with Crippen molar-refractivity contribution in [2.24, 2.45) is 5.73 Å². The van der Waals surface area contributed by atoms with Crippen LogP contribution < -0.4 is 10.5 Å². The van der Waals surface area contributed by atoms with Gasteiger partial charge in [-0.05, 0) is 37.5 Å². The van der Waals surface area contributed by atoms with Gasteiger partial charge in [0.25, 0.3) is 5.91 Å². The largest absolute Gasteiger partial charge is 0.497 e. The number of methoxy groups -OCH3 is 1. The van der Waals surface area contributed by atoms with Crippen molar-refractivity contribution in [3.05, 3.63) is 29.8 Å². The van der Waals surface area contributed by atoms with E-state index in [1.165, 1.54) is 6.42 Å². The molecule has 1 aromatic carbocycles. The molecule has 4 heteroatoms. The summed E-state index contributed by atoms with van der Waals surface area (Å²) in [6.07, 6.45) is 3.39. The minimum Gasteiger partial charge on any atom is -0.497 e. The number of carbonyl (C=O) groups is 1. The molecule has 18 heavy (non-hydrogen) atoms. The number of amides is 1. The second-order valence-corrected chi connectivity index (χ2v) is 4.60. The standard InChI is InChI=1S/C14H20N2O2/c1-18-13-7-2-4-11(10-13)14(17)16(9-8-15)12-5-3-6-12/h2,4,7,10,12H,3,5-6,8-9,15H2,1H3. The molecule has 1 aliphatic carbocycles. The molecule has 2 N–H and O–H groups in total. The molecule has 0 spiro atoms. The lowest BCUT2D eigenvalue weighted by Gasteiger charge is -2.37. The molecule has 0 unspecified atom stereocenters. The highest BCUT2D eigenvalue weighted by Gasteiger charge is 2.28. The zero-order valence-corrected chi connectivity index (χ0v) is 10.8. The van der Waals surface area contributed by atoms with Crippen molar-refractivity contribution in [1.82, 2.24) is 4.90 Å².